The van der Waals surface area contributed by atoms with Crippen LogP contribution in [0.3, 0.4) is 0 Å². The van der Waals surface area contributed by atoms with Crippen molar-refractivity contribution in [2.45, 2.75) is 17.7 Å². The zero-order chi connectivity index (χ0) is 13.9. The highest BCUT2D eigenvalue weighted by Crippen LogP contribution is 2.18. The van der Waals surface area contributed by atoms with Gasteiger partial charge in [0.15, 0.2) is 0 Å². The van der Waals surface area contributed by atoms with E-state index in [1.165, 1.54) is 6.07 Å². The van der Waals surface area contributed by atoms with Crippen LogP contribution in [0, 0.1) is 11.7 Å². The van der Waals surface area contributed by atoms with Crippen LogP contribution in [0.4, 0.5) is 4.39 Å². The Kier molecular flexibility index (Phi) is 4.78. The van der Waals surface area contributed by atoms with Crippen LogP contribution in [-0.2, 0) is 10.0 Å². The van der Waals surface area contributed by atoms with Crippen molar-refractivity contribution in [2.75, 3.05) is 19.6 Å². The van der Waals surface area contributed by atoms with Crippen LogP contribution in [0.1, 0.15) is 12.8 Å². The summed E-state index contributed by atoms with van der Waals surface area (Å²) >= 11 is 5.65. The molecule has 0 radical (unpaired) electrons. The van der Waals surface area contributed by atoms with E-state index in [9.17, 15) is 12.8 Å². The summed E-state index contributed by atoms with van der Waals surface area (Å²) in [7, 11) is -3.69. The monoisotopic (exact) mass is 306 g/mol. The minimum atomic E-state index is -3.69. The number of sulfonamides is 1. The van der Waals surface area contributed by atoms with Crippen LogP contribution in [0.2, 0.25) is 5.02 Å². The molecule has 1 aromatic carbocycles. The molecule has 1 aliphatic rings. The van der Waals surface area contributed by atoms with Crippen molar-refractivity contribution in [3.8, 4) is 0 Å². The van der Waals surface area contributed by atoms with E-state index >= 15 is 0 Å². The van der Waals surface area contributed by atoms with Crippen molar-refractivity contribution >= 4 is 21.6 Å². The van der Waals surface area contributed by atoms with E-state index < -0.39 is 15.8 Å². The molecule has 0 spiro atoms. The maximum absolute atomic E-state index is 13.1. The lowest BCUT2D eigenvalue weighted by molar-refractivity contribution is 0.519. The maximum Gasteiger partial charge on any atom is 0.240 e. The number of rotatable bonds is 5. The molecule has 1 aliphatic heterocycles. The van der Waals surface area contributed by atoms with Gasteiger partial charge in [-0.1, -0.05) is 11.6 Å². The fourth-order valence-electron chi connectivity index (χ4n) is 2.13. The molecule has 0 saturated carbocycles. The average molecular weight is 307 g/mol. The molecule has 4 nitrogen and oxygen atoms in total. The molecule has 1 atom stereocenters. The third kappa shape index (κ3) is 4.14. The van der Waals surface area contributed by atoms with E-state index in [0.29, 0.717) is 12.5 Å². The summed E-state index contributed by atoms with van der Waals surface area (Å²) in [5.74, 6) is -0.160. The van der Waals surface area contributed by atoms with E-state index in [2.05, 4.69) is 10.0 Å². The van der Waals surface area contributed by atoms with Gasteiger partial charge in [0.05, 0.1) is 4.90 Å². The number of hydrogen-bond acceptors (Lipinski definition) is 3. The maximum atomic E-state index is 13.1. The summed E-state index contributed by atoms with van der Waals surface area (Å²) in [4.78, 5) is -0.137. The molecule has 1 saturated heterocycles. The third-order valence-corrected chi connectivity index (χ3v) is 4.81. The molecule has 0 aromatic heterocycles. The second-order valence-corrected chi connectivity index (χ2v) is 6.85. The Bertz CT molecular complexity index is 524. The summed E-state index contributed by atoms with van der Waals surface area (Å²) in [5.41, 5.74) is 0. The van der Waals surface area contributed by atoms with Crippen molar-refractivity contribution in [3.05, 3.63) is 29.0 Å². The predicted molar refractivity (Wildman–Crippen MR) is 72.2 cm³/mol. The van der Waals surface area contributed by atoms with Gasteiger partial charge in [0, 0.05) is 11.6 Å². The lowest BCUT2D eigenvalue weighted by atomic mass is 10.1. The number of halogens is 2. The molecule has 1 unspecified atom stereocenters. The van der Waals surface area contributed by atoms with Crippen LogP contribution >= 0.6 is 11.6 Å². The molecule has 0 aliphatic carbocycles. The SMILES string of the molecule is O=S(=O)(NCCC1CCNC1)c1cc(F)cc(Cl)c1. The quantitative estimate of drug-likeness (QED) is 0.871. The van der Waals surface area contributed by atoms with Crippen molar-refractivity contribution in [3.63, 3.8) is 0 Å². The molecule has 19 heavy (non-hydrogen) atoms. The first-order chi connectivity index (χ1) is 8.97. The van der Waals surface area contributed by atoms with Gasteiger partial charge in [-0.15, -0.1) is 0 Å². The smallest absolute Gasteiger partial charge is 0.240 e. The molecule has 106 valence electrons. The standard InChI is InChI=1S/C12H16ClFN2O2S/c13-10-5-11(14)7-12(6-10)19(17,18)16-4-2-9-1-3-15-8-9/h5-7,9,15-16H,1-4,8H2. The highest BCUT2D eigenvalue weighted by Gasteiger charge is 2.18. The minimum absolute atomic E-state index is 0.0698. The molecular formula is C12H16ClFN2O2S. The van der Waals surface area contributed by atoms with E-state index in [-0.39, 0.29) is 9.92 Å². The first-order valence-electron chi connectivity index (χ1n) is 6.14. The Morgan fingerprint density at radius 1 is 1.42 bits per heavy atom. The molecular weight excluding hydrogens is 291 g/mol. The summed E-state index contributed by atoms with van der Waals surface area (Å²) in [5, 5.41) is 3.29. The highest BCUT2D eigenvalue weighted by atomic mass is 35.5. The third-order valence-electron chi connectivity index (χ3n) is 3.15. The normalized spacial score (nSPS) is 19.8. The molecule has 1 aromatic rings. The molecule has 7 heteroatoms. The molecule has 2 N–H and O–H groups in total. The average Bonchev–Trinajstić information content (AvgIpc) is 2.80. The van der Waals surface area contributed by atoms with Gasteiger partial charge in [-0.25, -0.2) is 17.5 Å². The summed E-state index contributed by atoms with van der Waals surface area (Å²) < 4.78 is 39.5. The first-order valence-corrected chi connectivity index (χ1v) is 8.00. The second-order valence-electron chi connectivity index (χ2n) is 4.65. The lowest BCUT2D eigenvalue weighted by Gasteiger charge is -2.10. The summed E-state index contributed by atoms with van der Waals surface area (Å²) in [6.45, 7) is 2.26. The first kappa shape index (κ1) is 14.7. The summed E-state index contributed by atoms with van der Waals surface area (Å²) in [6.07, 6.45) is 1.84. The van der Waals surface area contributed by atoms with Gasteiger partial charge in [0.25, 0.3) is 0 Å². The fourth-order valence-corrected chi connectivity index (χ4v) is 3.51. The topological polar surface area (TPSA) is 58.2 Å². The van der Waals surface area contributed by atoms with Gasteiger partial charge in [-0.05, 0) is 50.0 Å². The van der Waals surface area contributed by atoms with Crippen LogP contribution in [-0.4, -0.2) is 28.1 Å². The van der Waals surface area contributed by atoms with Gasteiger partial charge in [-0.2, -0.15) is 0 Å². The van der Waals surface area contributed by atoms with E-state index in [4.69, 9.17) is 11.6 Å². The predicted octanol–water partition coefficient (Wildman–Crippen LogP) is 1.76. The van der Waals surface area contributed by atoms with Crippen molar-refractivity contribution in [1.29, 1.82) is 0 Å². The van der Waals surface area contributed by atoms with E-state index in [0.717, 1.165) is 38.1 Å². The lowest BCUT2D eigenvalue weighted by Crippen LogP contribution is -2.26. The zero-order valence-corrected chi connectivity index (χ0v) is 11.9. The number of hydrogen-bond donors (Lipinski definition) is 2. The molecule has 1 fully saturated rings. The largest absolute Gasteiger partial charge is 0.316 e. The Morgan fingerprint density at radius 2 is 2.21 bits per heavy atom. The molecule has 0 amide bonds. The van der Waals surface area contributed by atoms with Gasteiger partial charge in [0.1, 0.15) is 5.82 Å². The van der Waals surface area contributed by atoms with Gasteiger partial charge in [0.2, 0.25) is 10.0 Å². The van der Waals surface area contributed by atoms with Crippen molar-refractivity contribution in [2.24, 2.45) is 5.92 Å². The highest BCUT2D eigenvalue weighted by molar-refractivity contribution is 7.89. The number of benzene rings is 1. The van der Waals surface area contributed by atoms with E-state index in [1.54, 1.807) is 0 Å². The molecule has 2 rings (SSSR count). The molecule has 1 heterocycles. The second kappa shape index (κ2) is 6.17. The van der Waals surface area contributed by atoms with Gasteiger partial charge >= 0.3 is 0 Å². The van der Waals surface area contributed by atoms with Crippen LogP contribution in [0.5, 0.6) is 0 Å². The Balaban J connectivity index is 1.97. The fraction of sp³-hybridized carbons (Fsp3) is 0.500. The summed E-state index contributed by atoms with van der Waals surface area (Å²) in [6, 6.07) is 3.28. The van der Waals surface area contributed by atoms with Crippen molar-refractivity contribution < 1.29 is 12.8 Å². The zero-order valence-electron chi connectivity index (χ0n) is 10.3. The van der Waals surface area contributed by atoms with Crippen molar-refractivity contribution in [1.82, 2.24) is 10.0 Å². The van der Waals surface area contributed by atoms with E-state index in [1.807, 2.05) is 0 Å². The van der Waals surface area contributed by atoms with Gasteiger partial charge in [-0.3, -0.25) is 0 Å². The molecule has 0 bridgehead atoms. The minimum Gasteiger partial charge on any atom is -0.316 e. The van der Waals surface area contributed by atoms with Crippen LogP contribution in [0.15, 0.2) is 23.1 Å². The van der Waals surface area contributed by atoms with Gasteiger partial charge < -0.3 is 5.32 Å². The Morgan fingerprint density at radius 3 is 2.84 bits per heavy atom. The Hall–Kier alpha value is -0.690. The van der Waals surface area contributed by atoms with Crippen LogP contribution < -0.4 is 10.0 Å². The number of nitrogens with one attached hydrogen (secondary N) is 2. The van der Waals surface area contributed by atoms with Crippen LogP contribution in [0.25, 0.3) is 0 Å². The Labute approximate surface area is 117 Å².